The average Bonchev–Trinajstić information content (AvgIpc) is 2.48. The summed E-state index contributed by atoms with van der Waals surface area (Å²) in [7, 11) is -3.39. The summed E-state index contributed by atoms with van der Waals surface area (Å²) in [5, 5.41) is 0. The zero-order chi connectivity index (χ0) is 13.7. The van der Waals surface area contributed by atoms with Crippen molar-refractivity contribution >= 4 is 31.7 Å². The predicted octanol–water partition coefficient (Wildman–Crippen LogP) is 1.73. The number of alkyl halides is 1. The summed E-state index contributed by atoms with van der Waals surface area (Å²) in [4.78, 5) is 14.9. The van der Waals surface area contributed by atoms with Crippen LogP contribution in [0.1, 0.15) is 39.5 Å². The van der Waals surface area contributed by atoms with Crippen molar-refractivity contribution in [1.29, 1.82) is 0 Å². The first-order valence-corrected chi connectivity index (χ1v) is 9.11. The molecular weight excluding hydrogens is 318 g/mol. The van der Waals surface area contributed by atoms with Crippen LogP contribution in [0.15, 0.2) is 0 Å². The molecule has 0 saturated carbocycles. The number of amides is 1. The van der Waals surface area contributed by atoms with E-state index in [2.05, 4.69) is 15.9 Å². The Morgan fingerprint density at radius 3 is 2.06 bits per heavy atom. The molecule has 2 heterocycles. The Morgan fingerprint density at radius 2 is 1.67 bits per heavy atom. The molecule has 2 atom stereocenters. The second-order valence-electron chi connectivity index (χ2n) is 5.95. The van der Waals surface area contributed by atoms with E-state index in [-0.39, 0.29) is 18.0 Å². The van der Waals surface area contributed by atoms with Gasteiger partial charge >= 0.3 is 0 Å². The van der Waals surface area contributed by atoms with Crippen LogP contribution in [0.25, 0.3) is 0 Å². The van der Waals surface area contributed by atoms with E-state index in [1.165, 1.54) is 13.8 Å². The highest BCUT2D eigenvalue weighted by Crippen LogP contribution is 2.40. The van der Waals surface area contributed by atoms with Crippen molar-refractivity contribution in [3.8, 4) is 0 Å². The minimum atomic E-state index is -3.39. The summed E-state index contributed by atoms with van der Waals surface area (Å²) >= 11 is 3.62. The van der Waals surface area contributed by atoms with E-state index in [9.17, 15) is 13.2 Å². The van der Waals surface area contributed by atoms with Gasteiger partial charge in [0.25, 0.3) is 0 Å². The second kappa shape index (κ2) is 4.47. The largest absolute Gasteiger partial charge is 0.335 e. The lowest BCUT2D eigenvalue weighted by molar-refractivity contribution is -0.137. The molecule has 104 valence electrons. The van der Waals surface area contributed by atoms with Gasteiger partial charge in [0.2, 0.25) is 5.91 Å². The van der Waals surface area contributed by atoms with Gasteiger partial charge in [-0.05, 0) is 39.5 Å². The van der Waals surface area contributed by atoms with Crippen LogP contribution in [0.2, 0.25) is 0 Å². The summed E-state index contributed by atoms with van der Waals surface area (Å²) in [6.07, 6.45) is 5.00. The molecule has 4 nitrogen and oxygen atoms in total. The Hall–Kier alpha value is -0.100. The van der Waals surface area contributed by atoms with Gasteiger partial charge in [-0.2, -0.15) is 0 Å². The van der Waals surface area contributed by atoms with E-state index >= 15 is 0 Å². The number of hydrogen-bond donors (Lipinski definition) is 0. The van der Waals surface area contributed by atoms with Gasteiger partial charge in [0, 0.05) is 23.2 Å². The molecule has 0 aliphatic carbocycles. The van der Waals surface area contributed by atoms with Crippen molar-refractivity contribution in [3.05, 3.63) is 0 Å². The van der Waals surface area contributed by atoms with Gasteiger partial charge in [-0.1, -0.05) is 15.9 Å². The summed E-state index contributed by atoms with van der Waals surface area (Å²) in [5.41, 5.74) is 0. The Bertz CT molecular complexity index is 446. The van der Waals surface area contributed by atoms with Crippen LogP contribution < -0.4 is 0 Å². The fourth-order valence-electron chi connectivity index (χ4n) is 2.91. The van der Waals surface area contributed by atoms with E-state index in [0.717, 1.165) is 31.9 Å². The lowest BCUT2D eigenvalue weighted by Gasteiger charge is -2.40. The number of hydrogen-bond acceptors (Lipinski definition) is 3. The molecular formula is C12H20BrNO3S. The first kappa shape index (κ1) is 14.3. The van der Waals surface area contributed by atoms with Gasteiger partial charge < -0.3 is 4.90 Å². The molecule has 2 aliphatic rings. The third kappa shape index (κ3) is 2.22. The maximum absolute atomic E-state index is 12.6. The molecule has 2 unspecified atom stereocenters. The number of fused-ring (bicyclic) bond motifs is 2. The maximum atomic E-state index is 12.6. The van der Waals surface area contributed by atoms with Gasteiger partial charge in [0.15, 0.2) is 9.84 Å². The highest BCUT2D eigenvalue weighted by molar-refractivity contribution is 9.09. The fourth-order valence-corrected chi connectivity index (χ4v) is 4.20. The van der Waals surface area contributed by atoms with Crippen LogP contribution in [0.3, 0.4) is 0 Å². The summed E-state index contributed by atoms with van der Waals surface area (Å²) in [5.74, 6) is -0.225. The zero-order valence-electron chi connectivity index (χ0n) is 11.0. The van der Waals surface area contributed by atoms with Crippen LogP contribution in [-0.2, 0) is 14.6 Å². The number of carbonyl (C=O) groups excluding carboxylic acids is 1. The summed E-state index contributed by atoms with van der Waals surface area (Å²) in [6, 6.07) is 0.420. The second-order valence-corrected chi connectivity index (χ2v) is 9.81. The molecule has 0 spiro atoms. The zero-order valence-corrected chi connectivity index (χ0v) is 13.4. The molecule has 2 saturated heterocycles. The molecule has 1 amide bonds. The minimum Gasteiger partial charge on any atom is -0.335 e. The van der Waals surface area contributed by atoms with Crippen LogP contribution >= 0.6 is 15.9 Å². The van der Waals surface area contributed by atoms with Gasteiger partial charge in [-0.25, -0.2) is 8.42 Å². The topological polar surface area (TPSA) is 54.5 Å². The van der Waals surface area contributed by atoms with E-state index < -0.39 is 14.6 Å². The van der Waals surface area contributed by atoms with Gasteiger partial charge in [-0.3, -0.25) is 4.79 Å². The molecule has 2 bridgehead atoms. The highest BCUT2D eigenvalue weighted by Gasteiger charge is 2.49. The molecule has 0 aromatic carbocycles. The predicted molar refractivity (Wildman–Crippen MR) is 74.5 cm³/mol. The van der Waals surface area contributed by atoms with Gasteiger partial charge in [0.05, 0.1) is 0 Å². The summed E-state index contributed by atoms with van der Waals surface area (Å²) < 4.78 is 22.2. The Labute approximate surface area is 117 Å². The molecule has 2 fully saturated rings. The number of piperidine rings is 1. The first-order chi connectivity index (χ1) is 8.14. The highest BCUT2D eigenvalue weighted by atomic mass is 79.9. The molecule has 0 N–H and O–H groups in total. The summed E-state index contributed by atoms with van der Waals surface area (Å²) in [6.45, 7) is 3.04. The standard InChI is InChI=1S/C12H20BrNO3S/c1-12(2,18(3,16)17)11(15)14-9-4-5-10(14)7-8(13)6-9/h8-10H,4-7H2,1-3H3. The monoisotopic (exact) mass is 337 g/mol. The molecule has 0 aromatic heterocycles. The normalized spacial score (nSPS) is 32.7. The van der Waals surface area contributed by atoms with Crippen molar-refractivity contribution in [1.82, 2.24) is 4.90 Å². The molecule has 0 radical (unpaired) electrons. The average molecular weight is 338 g/mol. The van der Waals surface area contributed by atoms with Crippen LogP contribution in [-0.4, -0.2) is 47.1 Å². The van der Waals surface area contributed by atoms with Crippen LogP contribution in [0, 0.1) is 0 Å². The number of rotatable bonds is 2. The molecule has 0 aromatic rings. The third-order valence-electron chi connectivity index (χ3n) is 4.35. The Balaban J connectivity index is 2.26. The molecule has 2 rings (SSSR count). The number of sulfone groups is 1. The molecule has 2 aliphatic heterocycles. The Kier molecular flexibility index (Phi) is 3.56. The number of nitrogens with zero attached hydrogens (tertiary/aromatic N) is 1. The molecule has 6 heteroatoms. The SMILES string of the molecule is CC(C)(C(=O)N1C2CCC1CC(Br)C2)S(C)(=O)=O. The van der Waals surface area contributed by atoms with E-state index in [1.807, 2.05) is 4.90 Å². The third-order valence-corrected chi connectivity index (χ3v) is 7.13. The fraction of sp³-hybridized carbons (Fsp3) is 0.917. The molecule has 18 heavy (non-hydrogen) atoms. The van der Waals surface area contributed by atoms with Crippen molar-refractivity contribution in [2.45, 2.75) is 61.2 Å². The van der Waals surface area contributed by atoms with Crippen molar-refractivity contribution in [2.24, 2.45) is 0 Å². The van der Waals surface area contributed by atoms with Crippen molar-refractivity contribution in [3.63, 3.8) is 0 Å². The van der Waals surface area contributed by atoms with Crippen LogP contribution in [0.5, 0.6) is 0 Å². The number of carbonyl (C=O) groups is 1. The van der Waals surface area contributed by atoms with Crippen LogP contribution in [0.4, 0.5) is 0 Å². The minimum absolute atomic E-state index is 0.210. The lowest BCUT2D eigenvalue weighted by Crippen LogP contribution is -2.56. The first-order valence-electron chi connectivity index (χ1n) is 6.31. The smallest absolute Gasteiger partial charge is 0.243 e. The van der Waals surface area contributed by atoms with E-state index in [1.54, 1.807) is 0 Å². The maximum Gasteiger partial charge on any atom is 0.243 e. The quantitative estimate of drug-likeness (QED) is 0.721. The van der Waals surface area contributed by atoms with Gasteiger partial charge in [0.1, 0.15) is 4.75 Å². The van der Waals surface area contributed by atoms with Crippen molar-refractivity contribution in [2.75, 3.05) is 6.26 Å². The lowest BCUT2D eigenvalue weighted by atomic mass is 10.0. The Morgan fingerprint density at radius 1 is 1.22 bits per heavy atom. The van der Waals surface area contributed by atoms with Crippen molar-refractivity contribution < 1.29 is 13.2 Å². The number of halogens is 1. The van der Waals surface area contributed by atoms with Gasteiger partial charge in [-0.15, -0.1) is 0 Å². The van der Waals surface area contributed by atoms with E-state index in [4.69, 9.17) is 0 Å². The van der Waals surface area contributed by atoms with E-state index in [0.29, 0.717) is 4.83 Å².